The van der Waals surface area contributed by atoms with Crippen LogP contribution >= 0.6 is 0 Å². The lowest BCUT2D eigenvalue weighted by Crippen LogP contribution is -2.35. The van der Waals surface area contributed by atoms with E-state index in [0.29, 0.717) is 24.3 Å². The fourth-order valence-electron chi connectivity index (χ4n) is 1.87. The molecule has 1 aliphatic carbocycles. The zero-order valence-electron chi connectivity index (χ0n) is 9.10. The molecule has 1 aromatic rings. The fourth-order valence-corrected chi connectivity index (χ4v) is 1.87. The van der Waals surface area contributed by atoms with E-state index < -0.39 is 0 Å². The van der Waals surface area contributed by atoms with Crippen LogP contribution < -0.4 is 5.73 Å². The van der Waals surface area contributed by atoms with Crippen molar-refractivity contribution in [3.05, 3.63) is 29.6 Å². The predicted octanol–water partition coefficient (Wildman–Crippen LogP) is 1.21. The summed E-state index contributed by atoms with van der Waals surface area (Å²) in [5, 5.41) is 8.85. The van der Waals surface area contributed by atoms with E-state index in [1.54, 1.807) is 6.20 Å². The van der Waals surface area contributed by atoms with Crippen molar-refractivity contribution in [2.75, 3.05) is 6.54 Å². The topological polar surface area (TPSA) is 71.9 Å². The maximum absolute atomic E-state index is 8.85. The zero-order valence-corrected chi connectivity index (χ0v) is 9.10. The highest BCUT2D eigenvalue weighted by Crippen LogP contribution is 2.29. The minimum Gasteiger partial charge on any atom is -0.373 e. The third kappa shape index (κ3) is 2.38. The second kappa shape index (κ2) is 5.06. The van der Waals surface area contributed by atoms with Gasteiger partial charge in [-0.1, -0.05) is 6.07 Å². The van der Waals surface area contributed by atoms with E-state index in [1.165, 1.54) is 0 Å². The molecule has 0 atom stereocenters. The number of aromatic nitrogens is 1. The molecule has 0 bridgehead atoms. The van der Waals surface area contributed by atoms with E-state index >= 15 is 0 Å². The summed E-state index contributed by atoms with van der Waals surface area (Å²) in [6.07, 6.45) is 4.01. The van der Waals surface area contributed by atoms with Crippen molar-refractivity contribution in [1.82, 2.24) is 4.98 Å². The SMILES string of the molecule is N#Cc1ncccc1COC1CC(CN)C1. The summed E-state index contributed by atoms with van der Waals surface area (Å²) in [4.78, 5) is 3.99. The van der Waals surface area contributed by atoms with Crippen molar-refractivity contribution in [3.8, 4) is 6.07 Å². The van der Waals surface area contributed by atoms with Gasteiger partial charge in [-0.3, -0.25) is 0 Å². The summed E-state index contributed by atoms with van der Waals surface area (Å²) < 4.78 is 5.69. The predicted molar refractivity (Wildman–Crippen MR) is 59.3 cm³/mol. The molecular formula is C12H15N3O. The molecule has 0 saturated heterocycles. The van der Waals surface area contributed by atoms with Gasteiger partial charge in [0.15, 0.2) is 0 Å². The molecule has 0 aliphatic heterocycles. The van der Waals surface area contributed by atoms with E-state index in [0.717, 1.165) is 24.9 Å². The molecule has 2 rings (SSSR count). The highest BCUT2D eigenvalue weighted by Gasteiger charge is 2.28. The van der Waals surface area contributed by atoms with Gasteiger partial charge in [0.05, 0.1) is 12.7 Å². The van der Waals surface area contributed by atoms with Gasteiger partial charge in [0.25, 0.3) is 0 Å². The summed E-state index contributed by atoms with van der Waals surface area (Å²) >= 11 is 0. The lowest BCUT2D eigenvalue weighted by molar-refractivity contribution is -0.0377. The Labute approximate surface area is 95.0 Å². The number of hydrogen-bond donors (Lipinski definition) is 1. The van der Waals surface area contributed by atoms with Crippen LogP contribution in [-0.2, 0) is 11.3 Å². The van der Waals surface area contributed by atoms with Crippen molar-refractivity contribution in [2.24, 2.45) is 11.7 Å². The lowest BCUT2D eigenvalue weighted by Gasteiger charge is -2.34. The second-order valence-corrected chi connectivity index (χ2v) is 4.13. The maximum atomic E-state index is 8.85. The molecule has 2 N–H and O–H groups in total. The zero-order chi connectivity index (χ0) is 11.4. The maximum Gasteiger partial charge on any atom is 0.145 e. The molecule has 1 heterocycles. The molecule has 1 saturated carbocycles. The average Bonchev–Trinajstić information content (AvgIpc) is 2.28. The second-order valence-electron chi connectivity index (χ2n) is 4.13. The summed E-state index contributed by atoms with van der Waals surface area (Å²) in [6.45, 7) is 1.22. The standard InChI is InChI=1S/C12H15N3O/c13-6-9-4-11(5-9)16-8-10-2-1-3-15-12(10)7-14/h1-3,9,11H,4-6,8,13H2. The van der Waals surface area contributed by atoms with Gasteiger partial charge in [-0.05, 0) is 31.4 Å². The molecule has 1 aromatic heterocycles. The first-order chi connectivity index (χ1) is 7.83. The van der Waals surface area contributed by atoms with Crippen molar-refractivity contribution in [1.29, 1.82) is 5.26 Å². The first kappa shape index (κ1) is 11.1. The average molecular weight is 217 g/mol. The largest absolute Gasteiger partial charge is 0.373 e. The third-order valence-corrected chi connectivity index (χ3v) is 3.00. The van der Waals surface area contributed by atoms with Crippen LogP contribution in [0.5, 0.6) is 0 Å². The smallest absolute Gasteiger partial charge is 0.145 e. The van der Waals surface area contributed by atoms with E-state index in [2.05, 4.69) is 11.1 Å². The van der Waals surface area contributed by atoms with Crippen LogP contribution in [0.3, 0.4) is 0 Å². The molecule has 1 fully saturated rings. The Morgan fingerprint density at radius 2 is 2.38 bits per heavy atom. The van der Waals surface area contributed by atoms with E-state index in [1.807, 2.05) is 12.1 Å². The number of nitriles is 1. The minimum atomic E-state index is 0.306. The lowest BCUT2D eigenvalue weighted by atomic mass is 9.82. The number of rotatable bonds is 4. The molecule has 84 valence electrons. The fraction of sp³-hybridized carbons (Fsp3) is 0.500. The molecule has 1 aliphatic rings. The Balaban J connectivity index is 1.84. The number of pyridine rings is 1. The van der Waals surface area contributed by atoms with E-state index in [-0.39, 0.29) is 0 Å². The van der Waals surface area contributed by atoms with E-state index in [4.69, 9.17) is 15.7 Å². The summed E-state index contributed by atoms with van der Waals surface area (Å²) in [5.41, 5.74) is 6.86. The Morgan fingerprint density at radius 3 is 3.06 bits per heavy atom. The molecule has 4 nitrogen and oxygen atoms in total. The summed E-state index contributed by atoms with van der Waals surface area (Å²) in [7, 11) is 0. The highest BCUT2D eigenvalue weighted by molar-refractivity contribution is 5.29. The van der Waals surface area contributed by atoms with Crippen LogP contribution in [-0.4, -0.2) is 17.6 Å². The van der Waals surface area contributed by atoms with Crippen molar-refractivity contribution < 1.29 is 4.74 Å². The number of nitrogens with two attached hydrogens (primary N) is 1. The van der Waals surface area contributed by atoms with Gasteiger partial charge in [-0.2, -0.15) is 5.26 Å². The van der Waals surface area contributed by atoms with Crippen LogP contribution in [0.4, 0.5) is 0 Å². The Kier molecular flexibility index (Phi) is 3.50. The van der Waals surface area contributed by atoms with Crippen LogP contribution in [0.15, 0.2) is 18.3 Å². The quantitative estimate of drug-likeness (QED) is 0.822. The van der Waals surface area contributed by atoms with Crippen molar-refractivity contribution >= 4 is 0 Å². The van der Waals surface area contributed by atoms with E-state index in [9.17, 15) is 0 Å². The van der Waals surface area contributed by atoms with Gasteiger partial charge in [-0.15, -0.1) is 0 Å². The molecule has 0 aromatic carbocycles. The van der Waals surface area contributed by atoms with Crippen LogP contribution in [0.2, 0.25) is 0 Å². The van der Waals surface area contributed by atoms with Gasteiger partial charge in [0.2, 0.25) is 0 Å². The highest BCUT2D eigenvalue weighted by atomic mass is 16.5. The number of hydrogen-bond acceptors (Lipinski definition) is 4. The van der Waals surface area contributed by atoms with Gasteiger partial charge < -0.3 is 10.5 Å². The molecular weight excluding hydrogens is 202 g/mol. The Bertz CT molecular complexity index is 393. The van der Waals surface area contributed by atoms with Gasteiger partial charge in [0, 0.05) is 11.8 Å². The summed E-state index contributed by atoms with van der Waals surface area (Å²) in [5.74, 6) is 0.620. The van der Waals surface area contributed by atoms with Crippen LogP contribution in [0.25, 0.3) is 0 Å². The molecule has 0 radical (unpaired) electrons. The minimum absolute atomic E-state index is 0.306. The van der Waals surface area contributed by atoms with Crippen LogP contribution in [0, 0.1) is 17.2 Å². The third-order valence-electron chi connectivity index (χ3n) is 3.00. The van der Waals surface area contributed by atoms with Gasteiger partial charge in [-0.25, -0.2) is 4.98 Å². The number of ether oxygens (including phenoxy) is 1. The van der Waals surface area contributed by atoms with Crippen LogP contribution in [0.1, 0.15) is 24.1 Å². The first-order valence-electron chi connectivity index (χ1n) is 5.49. The summed E-state index contributed by atoms with van der Waals surface area (Å²) in [6, 6.07) is 5.77. The monoisotopic (exact) mass is 217 g/mol. The molecule has 0 amide bonds. The Hall–Kier alpha value is -1.44. The van der Waals surface area contributed by atoms with Gasteiger partial charge in [0.1, 0.15) is 11.8 Å². The number of nitrogens with zero attached hydrogens (tertiary/aromatic N) is 2. The van der Waals surface area contributed by atoms with Crippen molar-refractivity contribution in [3.63, 3.8) is 0 Å². The van der Waals surface area contributed by atoms with Crippen molar-refractivity contribution in [2.45, 2.75) is 25.6 Å². The molecule has 0 unspecified atom stereocenters. The van der Waals surface area contributed by atoms with Gasteiger partial charge >= 0.3 is 0 Å². The molecule has 4 heteroatoms. The first-order valence-corrected chi connectivity index (χ1v) is 5.49. The molecule has 0 spiro atoms. The normalized spacial score (nSPS) is 23.5. The Morgan fingerprint density at radius 1 is 1.56 bits per heavy atom. The molecule has 16 heavy (non-hydrogen) atoms.